The van der Waals surface area contributed by atoms with E-state index < -0.39 is 10.7 Å². The number of nitrogen functional groups attached to an aromatic ring is 1. The summed E-state index contributed by atoms with van der Waals surface area (Å²) < 4.78 is 12.8. The minimum Gasteiger partial charge on any atom is -0.398 e. The molecule has 0 aliphatic rings. The number of hydrogen-bond acceptors (Lipinski definition) is 3. The van der Waals surface area contributed by atoms with Crippen LogP contribution in [0.5, 0.6) is 0 Å². The van der Waals surface area contributed by atoms with Gasteiger partial charge < -0.3 is 5.73 Å². The second kappa shape index (κ2) is 2.77. The van der Waals surface area contributed by atoms with Gasteiger partial charge in [0.2, 0.25) is 0 Å². The first kappa shape index (κ1) is 8.45. The molecular weight excluding hydrogens is 163 g/mol. The summed E-state index contributed by atoms with van der Waals surface area (Å²) >= 11 is 0. The zero-order valence-corrected chi connectivity index (χ0v) is 6.37. The number of nitro groups is 1. The van der Waals surface area contributed by atoms with Crippen LogP contribution in [0.3, 0.4) is 0 Å². The fourth-order valence-electron chi connectivity index (χ4n) is 0.874. The van der Waals surface area contributed by atoms with E-state index in [2.05, 4.69) is 0 Å². The van der Waals surface area contributed by atoms with E-state index in [1.54, 1.807) is 0 Å². The Bertz CT molecular complexity index is 338. The van der Waals surface area contributed by atoms with E-state index in [4.69, 9.17) is 5.73 Å². The zero-order chi connectivity index (χ0) is 9.30. The highest BCUT2D eigenvalue weighted by atomic mass is 19.1. The molecule has 0 unspecified atom stereocenters. The van der Waals surface area contributed by atoms with E-state index in [9.17, 15) is 14.5 Å². The van der Waals surface area contributed by atoms with E-state index in [0.717, 1.165) is 12.1 Å². The van der Waals surface area contributed by atoms with Crippen molar-refractivity contribution in [1.29, 1.82) is 0 Å². The van der Waals surface area contributed by atoms with Gasteiger partial charge in [0, 0.05) is 11.8 Å². The van der Waals surface area contributed by atoms with Crippen molar-refractivity contribution in [3.05, 3.63) is 33.6 Å². The smallest absolute Gasteiger partial charge is 0.277 e. The number of rotatable bonds is 1. The number of halogens is 1. The second-order valence-electron chi connectivity index (χ2n) is 2.40. The van der Waals surface area contributed by atoms with Gasteiger partial charge in [0.05, 0.1) is 10.5 Å². The molecule has 2 N–H and O–H groups in total. The summed E-state index contributed by atoms with van der Waals surface area (Å²) in [6, 6.07) is 2.20. The maximum Gasteiger partial charge on any atom is 0.277 e. The van der Waals surface area contributed by atoms with Crippen LogP contribution in [-0.4, -0.2) is 4.92 Å². The van der Waals surface area contributed by atoms with Gasteiger partial charge in [-0.1, -0.05) is 0 Å². The molecule has 0 amide bonds. The van der Waals surface area contributed by atoms with Crippen LogP contribution in [0.25, 0.3) is 0 Å². The second-order valence-corrected chi connectivity index (χ2v) is 2.40. The van der Waals surface area contributed by atoms with E-state index in [1.807, 2.05) is 0 Å². The van der Waals surface area contributed by atoms with Crippen LogP contribution in [-0.2, 0) is 0 Å². The lowest BCUT2D eigenvalue weighted by Gasteiger charge is -1.99. The van der Waals surface area contributed by atoms with Crippen molar-refractivity contribution in [1.82, 2.24) is 0 Å². The van der Waals surface area contributed by atoms with Gasteiger partial charge >= 0.3 is 0 Å². The Balaban J connectivity index is 3.37. The molecule has 1 aromatic carbocycles. The predicted molar refractivity (Wildman–Crippen MR) is 42.2 cm³/mol. The first-order chi connectivity index (χ1) is 5.52. The highest BCUT2D eigenvalue weighted by Crippen LogP contribution is 2.23. The standard InChI is InChI=1S/C7H7FN2O2/c1-4-6(8)2-5(9)3-7(4)10(11)12/h2-3H,9H2,1H3. The largest absolute Gasteiger partial charge is 0.398 e. The lowest BCUT2D eigenvalue weighted by Crippen LogP contribution is -1.97. The van der Waals surface area contributed by atoms with Crippen molar-refractivity contribution in [2.45, 2.75) is 6.92 Å². The Morgan fingerprint density at radius 2 is 2.17 bits per heavy atom. The minimum atomic E-state index is -0.658. The average Bonchev–Trinajstić information content (AvgIpc) is 1.96. The van der Waals surface area contributed by atoms with Gasteiger partial charge in [-0.25, -0.2) is 4.39 Å². The summed E-state index contributed by atoms with van der Waals surface area (Å²) in [5.74, 6) is -0.651. The Morgan fingerprint density at radius 3 is 2.67 bits per heavy atom. The summed E-state index contributed by atoms with van der Waals surface area (Å²) in [6.07, 6.45) is 0. The normalized spacial score (nSPS) is 9.83. The molecule has 0 aliphatic carbocycles. The molecule has 1 rings (SSSR count). The third-order valence-electron chi connectivity index (χ3n) is 1.54. The molecule has 64 valence electrons. The molecule has 0 fully saturated rings. The third-order valence-corrected chi connectivity index (χ3v) is 1.54. The van der Waals surface area contributed by atoms with Crippen LogP contribution in [0.15, 0.2) is 12.1 Å². The van der Waals surface area contributed by atoms with Gasteiger partial charge in [0.1, 0.15) is 5.82 Å². The molecule has 0 saturated carbocycles. The first-order valence-electron chi connectivity index (χ1n) is 3.22. The minimum absolute atomic E-state index is 0.00852. The molecule has 0 aromatic heterocycles. The van der Waals surface area contributed by atoms with Gasteiger partial charge in [-0.05, 0) is 13.0 Å². The topological polar surface area (TPSA) is 69.2 Å². The fraction of sp³-hybridized carbons (Fsp3) is 0.143. The lowest BCUT2D eigenvalue weighted by atomic mass is 10.2. The highest BCUT2D eigenvalue weighted by molar-refractivity contribution is 5.52. The lowest BCUT2D eigenvalue weighted by molar-refractivity contribution is -0.385. The van der Waals surface area contributed by atoms with Gasteiger partial charge in [0.25, 0.3) is 5.69 Å². The molecular formula is C7H7FN2O2. The molecule has 5 heteroatoms. The van der Waals surface area contributed by atoms with Crippen molar-refractivity contribution in [3.8, 4) is 0 Å². The monoisotopic (exact) mass is 170 g/mol. The quantitative estimate of drug-likeness (QED) is 0.395. The summed E-state index contributed by atoms with van der Waals surface area (Å²) in [5.41, 5.74) is 5.01. The number of nitro benzene ring substituents is 1. The number of hydrogen-bond donors (Lipinski definition) is 1. The summed E-state index contributed by atoms with van der Waals surface area (Å²) in [7, 11) is 0. The summed E-state index contributed by atoms with van der Waals surface area (Å²) in [4.78, 5) is 9.65. The number of nitrogens with two attached hydrogens (primary N) is 1. The fourth-order valence-corrected chi connectivity index (χ4v) is 0.874. The molecule has 0 atom stereocenters. The van der Waals surface area contributed by atoms with E-state index in [-0.39, 0.29) is 16.9 Å². The molecule has 0 bridgehead atoms. The molecule has 12 heavy (non-hydrogen) atoms. The van der Waals surface area contributed by atoms with Crippen molar-refractivity contribution in [2.24, 2.45) is 0 Å². The van der Waals surface area contributed by atoms with Crippen molar-refractivity contribution < 1.29 is 9.31 Å². The third kappa shape index (κ3) is 1.34. The van der Waals surface area contributed by atoms with Crippen LogP contribution in [0, 0.1) is 22.9 Å². The SMILES string of the molecule is Cc1c(F)cc(N)cc1[N+](=O)[O-]. The van der Waals surface area contributed by atoms with E-state index >= 15 is 0 Å². The van der Waals surface area contributed by atoms with Crippen LogP contribution in [0.2, 0.25) is 0 Å². The Labute approximate surface area is 68.0 Å². The Hall–Kier alpha value is -1.65. The van der Waals surface area contributed by atoms with Crippen LogP contribution in [0.4, 0.5) is 15.8 Å². The molecule has 0 saturated heterocycles. The molecule has 0 spiro atoms. The van der Waals surface area contributed by atoms with Gasteiger partial charge in [-0.2, -0.15) is 0 Å². The summed E-state index contributed by atoms with van der Waals surface area (Å²) in [5, 5.41) is 10.3. The maximum atomic E-state index is 12.8. The highest BCUT2D eigenvalue weighted by Gasteiger charge is 2.14. The zero-order valence-electron chi connectivity index (χ0n) is 6.37. The van der Waals surface area contributed by atoms with E-state index in [0.29, 0.717) is 0 Å². The van der Waals surface area contributed by atoms with Crippen molar-refractivity contribution in [3.63, 3.8) is 0 Å². The van der Waals surface area contributed by atoms with Crippen LogP contribution in [0.1, 0.15) is 5.56 Å². The average molecular weight is 170 g/mol. The van der Waals surface area contributed by atoms with E-state index in [1.165, 1.54) is 6.92 Å². The van der Waals surface area contributed by atoms with Crippen molar-refractivity contribution in [2.75, 3.05) is 5.73 Å². The molecule has 0 heterocycles. The Morgan fingerprint density at radius 1 is 1.58 bits per heavy atom. The first-order valence-corrected chi connectivity index (χ1v) is 3.22. The van der Waals surface area contributed by atoms with Gasteiger partial charge in [-0.15, -0.1) is 0 Å². The van der Waals surface area contributed by atoms with Crippen molar-refractivity contribution >= 4 is 11.4 Å². The molecule has 0 radical (unpaired) electrons. The van der Waals surface area contributed by atoms with Gasteiger partial charge in [0.15, 0.2) is 0 Å². The van der Waals surface area contributed by atoms with Crippen LogP contribution < -0.4 is 5.73 Å². The summed E-state index contributed by atoms with van der Waals surface area (Å²) in [6.45, 7) is 1.34. The maximum absolute atomic E-state index is 12.8. The number of benzene rings is 1. The number of nitrogens with zero attached hydrogens (tertiary/aromatic N) is 1. The molecule has 1 aromatic rings. The van der Waals surface area contributed by atoms with Crippen LogP contribution >= 0.6 is 0 Å². The predicted octanol–water partition coefficient (Wildman–Crippen LogP) is 1.62. The Kier molecular flexibility index (Phi) is 1.95. The number of anilines is 1. The molecule has 0 aliphatic heterocycles. The molecule has 4 nitrogen and oxygen atoms in total. The van der Waals surface area contributed by atoms with Gasteiger partial charge in [-0.3, -0.25) is 10.1 Å².